The molecule has 0 radical (unpaired) electrons. The van der Waals surface area contributed by atoms with E-state index in [0.29, 0.717) is 5.69 Å². The van der Waals surface area contributed by atoms with Crippen molar-refractivity contribution >= 4 is 17.3 Å². The molecule has 0 spiro atoms. The maximum atomic E-state index is 12.3. The van der Waals surface area contributed by atoms with E-state index in [0.717, 1.165) is 24.8 Å². The molecule has 1 aliphatic carbocycles. The summed E-state index contributed by atoms with van der Waals surface area (Å²) in [6, 6.07) is 12.8. The highest BCUT2D eigenvalue weighted by molar-refractivity contribution is 5.81. The van der Waals surface area contributed by atoms with E-state index in [1.807, 2.05) is 19.1 Å². The molecule has 0 heterocycles. The Hall–Kier alpha value is -2.89. The maximum Gasteiger partial charge on any atom is 0.271 e. The van der Waals surface area contributed by atoms with E-state index in [1.165, 1.54) is 23.3 Å². The summed E-state index contributed by atoms with van der Waals surface area (Å²) < 4.78 is 0. The highest BCUT2D eigenvalue weighted by atomic mass is 16.6. The lowest BCUT2D eigenvalue weighted by atomic mass is 9.88. The SMILES string of the molecule is Cc1ccc([N+](=O)[O-])cc1NCC(=O)NC1CCCc2ccccc21. The Labute approximate surface area is 146 Å². The lowest BCUT2D eigenvalue weighted by Gasteiger charge is -2.26. The van der Waals surface area contributed by atoms with E-state index < -0.39 is 4.92 Å². The van der Waals surface area contributed by atoms with E-state index in [-0.39, 0.29) is 24.2 Å². The Morgan fingerprint density at radius 3 is 2.88 bits per heavy atom. The highest BCUT2D eigenvalue weighted by Crippen LogP contribution is 2.29. The first-order valence-electron chi connectivity index (χ1n) is 8.40. The molecule has 0 fully saturated rings. The number of rotatable bonds is 5. The zero-order chi connectivity index (χ0) is 17.8. The highest BCUT2D eigenvalue weighted by Gasteiger charge is 2.21. The molecule has 0 saturated carbocycles. The van der Waals surface area contributed by atoms with Gasteiger partial charge in [0.1, 0.15) is 0 Å². The molecule has 6 nitrogen and oxygen atoms in total. The molecule has 1 amide bonds. The molecule has 1 aliphatic rings. The zero-order valence-corrected chi connectivity index (χ0v) is 14.1. The molecule has 130 valence electrons. The molecular weight excluding hydrogens is 318 g/mol. The number of carbonyl (C=O) groups is 1. The van der Waals surface area contributed by atoms with Crippen LogP contribution in [0.4, 0.5) is 11.4 Å². The number of aryl methyl sites for hydroxylation is 2. The largest absolute Gasteiger partial charge is 0.376 e. The Kier molecular flexibility index (Phi) is 4.97. The average Bonchev–Trinajstić information content (AvgIpc) is 2.61. The molecule has 1 unspecified atom stereocenters. The smallest absolute Gasteiger partial charge is 0.271 e. The average molecular weight is 339 g/mol. The number of nitrogens with one attached hydrogen (secondary N) is 2. The van der Waals surface area contributed by atoms with Gasteiger partial charge in [-0.1, -0.05) is 30.3 Å². The summed E-state index contributed by atoms with van der Waals surface area (Å²) in [6.07, 6.45) is 3.03. The molecular formula is C19H21N3O3. The first kappa shape index (κ1) is 17.0. The first-order valence-corrected chi connectivity index (χ1v) is 8.40. The number of nitrogens with zero attached hydrogens (tertiary/aromatic N) is 1. The fourth-order valence-corrected chi connectivity index (χ4v) is 3.24. The first-order chi connectivity index (χ1) is 12.0. The van der Waals surface area contributed by atoms with Gasteiger partial charge in [0.2, 0.25) is 5.91 Å². The van der Waals surface area contributed by atoms with Crippen LogP contribution >= 0.6 is 0 Å². The monoisotopic (exact) mass is 339 g/mol. The van der Waals surface area contributed by atoms with Gasteiger partial charge in [-0.3, -0.25) is 14.9 Å². The molecule has 0 bridgehead atoms. The summed E-state index contributed by atoms with van der Waals surface area (Å²) in [5.74, 6) is -0.118. The van der Waals surface area contributed by atoms with Crippen molar-refractivity contribution in [2.24, 2.45) is 0 Å². The van der Waals surface area contributed by atoms with Gasteiger partial charge in [0, 0.05) is 17.8 Å². The van der Waals surface area contributed by atoms with Crippen LogP contribution in [0.2, 0.25) is 0 Å². The van der Waals surface area contributed by atoms with E-state index in [4.69, 9.17) is 0 Å². The van der Waals surface area contributed by atoms with Crippen LogP contribution in [0.15, 0.2) is 42.5 Å². The molecule has 6 heteroatoms. The third kappa shape index (κ3) is 3.96. The van der Waals surface area contributed by atoms with Crippen LogP contribution in [0.25, 0.3) is 0 Å². The summed E-state index contributed by atoms with van der Waals surface area (Å²) >= 11 is 0. The molecule has 1 atom stereocenters. The van der Waals surface area contributed by atoms with Gasteiger partial charge in [-0.05, 0) is 42.9 Å². The number of nitro groups is 1. The molecule has 2 N–H and O–H groups in total. The minimum Gasteiger partial charge on any atom is -0.376 e. The van der Waals surface area contributed by atoms with Crippen molar-refractivity contribution in [2.45, 2.75) is 32.2 Å². The Morgan fingerprint density at radius 2 is 2.08 bits per heavy atom. The molecule has 2 aromatic rings. The van der Waals surface area contributed by atoms with Gasteiger partial charge in [0.05, 0.1) is 17.5 Å². The van der Waals surface area contributed by atoms with Gasteiger partial charge in [0.15, 0.2) is 0 Å². The Morgan fingerprint density at radius 1 is 1.28 bits per heavy atom. The second kappa shape index (κ2) is 7.34. The van der Waals surface area contributed by atoms with Crippen LogP contribution in [-0.4, -0.2) is 17.4 Å². The molecule has 0 aromatic heterocycles. The van der Waals surface area contributed by atoms with E-state index in [1.54, 1.807) is 6.07 Å². The van der Waals surface area contributed by atoms with Crippen LogP contribution in [-0.2, 0) is 11.2 Å². The molecule has 2 aromatic carbocycles. The van der Waals surface area contributed by atoms with Gasteiger partial charge in [-0.15, -0.1) is 0 Å². The molecule has 3 rings (SSSR count). The van der Waals surface area contributed by atoms with Crippen LogP contribution in [0.3, 0.4) is 0 Å². The lowest BCUT2D eigenvalue weighted by molar-refractivity contribution is -0.384. The van der Waals surface area contributed by atoms with Gasteiger partial charge >= 0.3 is 0 Å². The van der Waals surface area contributed by atoms with Crippen molar-refractivity contribution in [3.63, 3.8) is 0 Å². The van der Waals surface area contributed by atoms with Crippen LogP contribution in [0.5, 0.6) is 0 Å². The topological polar surface area (TPSA) is 84.3 Å². The molecule has 0 saturated heterocycles. The Bertz CT molecular complexity index is 804. The lowest BCUT2D eigenvalue weighted by Crippen LogP contribution is -2.35. The van der Waals surface area contributed by atoms with Crippen LogP contribution in [0, 0.1) is 17.0 Å². The van der Waals surface area contributed by atoms with E-state index in [9.17, 15) is 14.9 Å². The number of non-ortho nitro benzene ring substituents is 1. The van der Waals surface area contributed by atoms with Crippen molar-refractivity contribution in [2.75, 3.05) is 11.9 Å². The third-order valence-electron chi connectivity index (χ3n) is 4.58. The zero-order valence-electron chi connectivity index (χ0n) is 14.1. The summed E-state index contributed by atoms with van der Waals surface area (Å²) in [7, 11) is 0. The van der Waals surface area contributed by atoms with E-state index >= 15 is 0 Å². The normalized spacial score (nSPS) is 16.0. The number of hydrogen-bond donors (Lipinski definition) is 2. The quantitative estimate of drug-likeness (QED) is 0.645. The number of carbonyl (C=O) groups excluding carboxylic acids is 1. The second-order valence-corrected chi connectivity index (χ2v) is 6.32. The van der Waals surface area contributed by atoms with Crippen LogP contribution < -0.4 is 10.6 Å². The number of hydrogen-bond acceptors (Lipinski definition) is 4. The summed E-state index contributed by atoms with van der Waals surface area (Å²) in [4.78, 5) is 22.8. The van der Waals surface area contributed by atoms with Crippen LogP contribution in [0.1, 0.15) is 35.6 Å². The van der Waals surface area contributed by atoms with E-state index in [2.05, 4.69) is 22.8 Å². The number of nitro benzene ring substituents is 1. The molecule has 25 heavy (non-hydrogen) atoms. The number of benzene rings is 2. The van der Waals surface area contributed by atoms with Gasteiger partial charge in [-0.2, -0.15) is 0 Å². The van der Waals surface area contributed by atoms with Crippen molar-refractivity contribution in [3.05, 3.63) is 69.3 Å². The van der Waals surface area contributed by atoms with Gasteiger partial charge in [-0.25, -0.2) is 0 Å². The van der Waals surface area contributed by atoms with Gasteiger partial charge in [0.25, 0.3) is 5.69 Å². The predicted molar refractivity (Wildman–Crippen MR) is 96.6 cm³/mol. The minimum absolute atomic E-state index is 0.00900. The fraction of sp³-hybridized carbons (Fsp3) is 0.316. The predicted octanol–water partition coefficient (Wildman–Crippen LogP) is 3.51. The Balaban J connectivity index is 1.63. The van der Waals surface area contributed by atoms with Crippen molar-refractivity contribution in [1.82, 2.24) is 5.32 Å². The van der Waals surface area contributed by atoms with Crippen molar-refractivity contribution in [3.8, 4) is 0 Å². The minimum atomic E-state index is -0.441. The summed E-state index contributed by atoms with van der Waals surface area (Å²) in [5.41, 5.74) is 3.96. The summed E-state index contributed by atoms with van der Waals surface area (Å²) in [6.45, 7) is 1.93. The van der Waals surface area contributed by atoms with Crippen molar-refractivity contribution in [1.29, 1.82) is 0 Å². The number of fused-ring (bicyclic) bond motifs is 1. The van der Waals surface area contributed by atoms with Gasteiger partial charge < -0.3 is 10.6 Å². The number of anilines is 1. The third-order valence-corrected chi connectivity index (χ3v) is 4.58. The second-order valence-electron chi connectivity index (χ2n) is 6.32. The molecule has 0 aliphatic heterocycles. The summed E-state index contributed by atoms with van der Waals surface area (Å²) in [5, 5.41) is 17.0. The maximum absolute atomic E-state index is 12.3. The fourth-order valence-electron chi connectivity index (χ4n) is 3.24. The standard InChI is InChI=1S/C19H21N3O3/c1-13-9-10-15(22(24)25)11-18(13)20-12-19(23)21-17-8-4-6-14-5-2-3-7-16(14)17/h2-3,5,7,9-11,17,20H,4,6,8,12H2,1H3,(H,21,23). The number of amides is 1. The van der Waals surface area contributed by atoms with Crippen molar-refractivity contribution < 1.29 is 9.72 Å².